The summed E-state index contributed by atoms with van der Waals surface area (Å²) in [5.41, 5.74) is 0.716. The predicted molar refractivity (Wildman–Crippen MR) is 115 cm³/mol. The molecular weight excluding hydrogens is 457 g/mol. The average molecular weight is 480 g/mol. The molecule has 12 heteroatoms. The number of alkyl halides is 3. The maximum absolute atomic E-state index is 13.0. The zero-order chi connectivity index (χ0) is 24.9. The average Bonchev–Trinajstić information content (AvgIpc) is 2.97. The van der Waals surface area contributed by atoms with Crippen molar-refractivity contribution >= 4 is 29.5 Å². The van der Waals surface area contributed by atoms with Crippen LogP contribution in [0.25, 0.3) is 0 Å². The number of carbonyl (C=O) groups is 3. The van der Waals surface area contributed by atoms with Gasteiger partial charge in [0.1, 0.15) is 17.6 Å². The number of imide groups is 1. The quantitative estimate of drug-likeness (QED) is 0.435. The van der Waals surface area contributed by atoms with Crippen molar-refractivity contribution in [3.63, 3.8) is 0 Å². The zero-order valence-electron chi connectivity index (χ0n) is 18.5. The Bertz CT molecular complexity index is 1050. The summed E-state index contributed by atoms with van der Waals surface area (Å²) >= 11 is 0. The summed E-state index contributed by atoms with van der Waals surface area (Å²) in [7, 11) is 0. The normalized spacial score (nSPS) is 16.1. The number of rotatable bonds is 8. The van der Waals surface area contributed by atoms with Crippen LogP contribution in [0.2, 0.25) is 0 Å². The second-order valence-corrected chi connectivity index (χ2v) is 7.47. The number of unbranched alkanes of at least 4 members (excludes halogenated alkanes) is 1. The Morgan fingerprint density at radius 1 is 1.18 bits per heavy atom. The molecular formula is C22H23F3N4O5. The number of benzene rings is 1. The van der Waals surface area contributed by atoms with Crippen molar-refractivity contribution in [2.24, 2.45) is 0 Å². The first-order valence-corrected chi connectivity index (χ1v) is 10.5. The molecule has 1 fully saturated rings. The van der Waals surface area contributed by atoms with Crippen LogP contribution in [-0.4, -0.2) is 46.9 Å². The van der Waals surface area contributed by atoms with Gasteiger partial charge in [0.25, 0.3) is 5.91 Å². The van der Waals surface area contributed by atoms with Gasteiger partial charge in [0.15, 0.2) is 0 Å². The van der Waals surface area contributed by atoms with Crippen LogP contribution < -0.4 is 15.0 Å². The molecule has 1 aliphatic heterocycles. The Labute approximate surface area is 193 Å². The fourth-order valence-electron chi connectivity index (χ4n) is 3.24. The number of urea groups is 1. The van der Waals surface area contributed by atoms with Crippen LogP contribution >= 0.6 is 0 Å². The van der Waals surface area contributed by atoms with Crippen molar-refractivity contribution in [2.45, 2.75) is 45.6 Å². The minimum atomic E-state index is -4.85. The first-order chi connectivity index (χ1) is 16.1. The maximum Gasteiger partial charge on any atom is 0.573 e. The predicted octanol–water partition coefficient (Wildman–Crippen LogP) is 4.69. The van der Waals surface area contributed by atoms with E-state index in [-0.39, 0.29) is 24.7 Å². The second kappa shape index (κ2) is 10.4. The Balaban J connectivity index is 1.69. The molecule has 1 N–H and O–H groups in total. The van der Waals surface area contributed by atoms with Gasteiger partial charge < -0.3 is 14.4 Å². The number of anilines is 2. The van der Waals surface area contributed by atoms with Crippen LogP contribution in [0.1, 0.15) is 32.3 Å². The SMILES string of the molecule is CCCCOC(=O)Nc1cc(CN2C(=O)N(c3ccc(OC(F)(F)F)cc3)C(=O)C2C)ccn1. The lowest BCUT2D eigenvalue weighted by molar-refractivity contribution is -0.274. The number of ether oxygens (including phenoxy) is 2. The van der Waals surface area contributed by atoms with Gasteiger partial charge in [-0.05, 0) is 55.3 Å². The number of nitrogens with zero attached hydrogens (tertiary/aromatic N) is 3. The van der Waals surface area contributed by atoms with E-state index >= 15 is 0 Å². The number of aromatic nitrogens is 1. The third-order valence-electron chi connectivity index (χ3n) is 4.95. The highest BCUT2D eigenvalue weighted by Crippen LogP contribution is 2.30. The lowest BCUT2D eigenvalue weighted by atomic mass is 10.2. The molecule has 2 heterocycles. The molecule has 1 aromatic carbocycles. The Morgan fingerprint density at radius 3 is 2.53 bits per heavy atom. The van der Waals surface area contributed by atoms with Crippen molar-refractivity contribution in [1.82, 2.24) is 9.88 Å². The van der Waals surface area contributed by atoms with E-state index in [0.717, 1.165) is 29.9 Å². The van der Waals surface area contributed by atoms with E-state index in [0.29, 0.717) is 5.56 Å². The van der Waals surface area contributed by atoms with E-state index in [1.54, 1.807) is 19.1 Å². The van der Waals surface area contributed by atoms with Crippen molar-refractivity contribution < 1.29 is 37.0 Å². The smallest absolute Gasteiger partial charge is 0.449 e. The number of hydrogen-bond donors (Lipinski definition) is 1. The topological polar surface area (TPSA) is 101 Å². The molecule has 1 unspecified atom stereocenters. The molecule has 9 nitrogen and oxygen atoms in total. The Kier molecular flexibility index (Phi) is 7.59. The molecule has 3 rings (SSSR count). The number of halogens is 3. The van der Waals surface area contributed by atoms with Crippen LogP contribution in [0.4, 0.5) is 34.3 Å². The molecule has 0 aliphatic carbocycles. The number of nitrogens with one attached hydrogen (secondary N) is 1. The Morgan fingerprint density at radius 2 is 1.88 bits per heavy atom. The third-order valence-corrected chi connectivity index (χ3v) is 4.95. The fraction of sp³-hybridized carbons (Fsp3) is 0.364. The molecule has 34 heavy (non-hydrogen) atoms. The number of hydrogen-bond acceptors (Lipinski definition) is 6. The van der Waals surface area contributed by atoms with E-state index < -0.39 is 36.2 Å². The van der Waals surface area contributed by atoms with Gasteiger partial charge in [-0.25, -0.2) is 19.5 Å². The zero-order valence-corrected chi connectivity index (χ0v) is 18.5. The van der Waals surface area contributed by atoms with Gasteiger partial charge in [0.2, 0.25) is 0 Å². The molecule has 0 radical (unpaired) electrons. The van der Waals surface area contributed by atoms with Crippen LogP contribution in [0.3, 0.4) is 0 Å². The summed E-state index contributed by atoms with van der Waals surface area (Å²) in [4.78, 5) is 43.8. The Hall–Kier alpha value is -3.83. The highest BCUT2D eigenvalue weighted by atomic mass is 19.4. The molecule has 0 saturated carbocycles. The van der Waals surface area contributed by atoms with Crippen molar-refractivity contribution in [3.8, 4) is 5.75 Å². The highest BCUT2D eigenvalue weighted by molar-refractivity contribution is 6.21. The van der Waals surface area contributed by atoms with Gasteiger partial charge in [0.05, 0.1) is 12.3 Å². The number of pyridine rings is 1. The van der Waals surface area contributed by atoms with E-state index in [1.807, 2.05) is 6.92 Å². The maximum atomic E-state index is 13.0. The monoisotopic (exact) mass is 480 g/mol. The highest BCUT2D eigenvalue weighted by Gasteiger charge is 2.43. The second-order valence-electron chi connectivity index (χ2n) is 7.47. The molecule has 4 amide bonds. The van der Waals surface area contributed by atoms with E-state index in [4.69, 9.17) is 4.74 Å². The van der Waals surface area contributed by atoms with Gasteiger partial charge in [-0.15, -0.1) is 13.2 Å². The molecule has 1 aliphatic rings. The van der Waals surface area contributed by atoms with Gasteiger partial charge in [-0.3, -0.25) is 10.1 Å². The first-order valence-electron chi connectivity index (χ1n) is 10.5. The molecule has 1 aromatic heterocycles. The van der Waals surface area contributed by atoms with Gasteiger partial charge in [0, 0.05) is 12.7 Å². The van der Waals surface area contributed by atoms with E-state index in [2.05, 4.69) is 15.0 Å². The third kappa shape index (κ3) is 6.15. The standard InChI is InChI=1S/C22H23F3N4O5/c1-3-4-11-33-20(31)27-18-12-15(9-10-26-18)13-28-14(2)19(30)29(21(28)32)16-5-7-17(8-6-16)34-22(23,24)25/h5-10,12,14H,3-4,11,13H2,1-2H3,(H,26,27,31). The van der Waals surface area contributed by atoms with Crippen LogP contribution in [0.15, 0.2) is 42.6 Å². The van der Waals surface area contributed by atoms with Crippen molar-refractivity contribution in [1.29, 1.82) is 0 Å². The molecule has 1 atom stereocenters. The largest absolute Gasteiger partial charge is 0.573 e. The number of amides is 4. The van der Waals surface area contributed by atoms with E-state index in [1.165, 1.54) is 23.2 Å². The summed E-state index contributed by atoms with van der Waals surface area (Å²) in [6.45, 7) is 3.84. The van der Waals surface area contributed by atoms with Gasteiger partial charge in [-0.2, -0.15) is 0 Å². The first kappa shape index (κ1) is 24.8. The van der Waals surface area contributed by atoms with Crippen LogP contribution in [-0.2, 0) is 16.1 Å². The van der Waals surface area contributed by atoms with Crippen molar-refractivity contribution in [2.75, 3.05) is 16.8 Å². The number of carbonyl (C=O) groups excluding carboxylic acids is 3. The van der Waals surface area contributed by atoms with Crippen LogP contribution in [0.5, 0.6) is 5.75 Å². The van der Waals surface area contributed by atoms with Gasteiger partial charge >= 0.3 is 18.5 Å². The fourth-order valence-corrected chi connectivity index (χ4v) is 3.24. The molecule has 2 aromatic rings. The minimum Gasteiger partial charge on any atom is -0.449 e. The molecule has 1 saturated heterocycles. The molecule has 0 spiro atoms. The lowest BCUT2D eigenvalue weighted by Crippen LogP contribution is -2.33. The van der Waals surface area contributed by atoms with E-state index in [9.17, 15) is 27.6 Å². The lowest BCUT2D eigenvalue weighted by Gasteiger charge is -2.20. The van der Waals surface area contributed by atoms with Crippen LogP contribution in [0, 0.1) is 0 Å². The minimum absolute atomic E-state index is 0.0413. The summed E-state index contributed by atoms with van der Waals surface area (Å²) < 4.78 is 45.9. The molecule has 182 valence electrons. The molecule has 0 bridgehead atoms. The van der Waals surface area contributed by atoms with Crippen molar-refractivity contribution in [3.05, 3.63) is 48.2 Å². The summed E-state index contributed by atoms with van der Waals surface area (Å²) in [6, 6.07) is 6.18. The summed E-state index contributed by atoms with van der Waals surface area (Å²) in [6.07, 6.45) is -2.44. The van der Waals surface area contributed by atoms with Gasteiger partial charge in [-0.1, -0.05) is 13.3 Å². The summed E-state index contributed by atoms with van der Waals surface area (Å²) in [5.74, 6) is -0.770. The summed E-state index contributed by atoms with van der Waals surface area (Å²) in [5, 5.41) is 2.51.